The number of para-hydroxylation sites is 2. The Kier molecular flexibility index (Phi) is 9.50. The van der Waals surface area contributed by atoms with Gasteiger partial charge in [-0.3, -0.25) is 10.2 Å². The van der Waals surface area contributed by atoms with Crippen LogP contribution >= 0.6 is 23.2 Å². The second kappa shape index (κ2) is 12.8. The van der Waals surface area contributed by atoms with Gasteiger partial charge in [0.1, 0.15) is 16.6 Å². The quantitative estimate of drug-likeness (QED) is 0.118. The summed E-state index contributed by atoms with van der Waals surface area (Å²) in [6, 6.07) is 21.7. The monoisotopic (exact) mass is 526 g/mol. The van der Waals surface area contributed by atoms with E-state index in [1.54, 1.807) is 4.90 Å². The van der Waals surface area contributed by atoms with Gasteiger partial charge in [-0.15, -0.1) is 0 Å². The first-order valence-corrected chi connectivity index (χ1v) is 11.7. The van der Waals surface area contributed by atoms with Gasteiger partial charge in [-0.2, -0.15) is 0 Å². The third kappa shape index (κ3) is 6.44. The molecule has 0 fully saturated rings. The fourth-order valence-electron chi connectivity index (χ4n) is 3.41. The Bertz CT molecular complexity index is 1270. The zero-order valence-electron chi connectivity index (χ0n) is 19.5. The highest BCUT2D eigenvalue weighted by Gasteiger charge is 2.21. The van der Waals surface area contributed by atoms with Crippen molar-refractivity contribution in [1.29, 1.82) is 5.41 Å². The zero-order chi connectivity index (χ0) is 26.1. The van der Waals surface area contributed by atoms with Crippen LogP contribution in [0.4, 0.5) is 15.8 Å². The summed E-state index contributed by atoms with van der Waals surface area (Å²) >= 11 is 12.5. The molecule has 0 aliphatic heterocycles. The molecule has 0 saturated heterocycles. The van der Waals surface area contributed by atoms with Crippen LogP contribution in [0.25, 0.3) is 5.70 Å². The molecule has 6 nitrogen and oxygen atoms in total. The van der Waals surface area contributed by atoms with Crippen LogP contribution in [0.1, 0.15) is 5.56 Å². The Morgan fingerprint density at radius 2 is 1.75 bits per heavy atom. The molecule has 0 unspecified atom stereocenters. The van der Waals surface area contributed by atoms with E-state index in [0.29, 0.717) is 25.1 Å². The Balaban J connectivity index is 1.84. The molecule has 3 rings (SSSR count). The average molecular weight is 527 g/mol. The number of aldehydes is 1. The van der Waals surface area contributed by atoms with Gasteiger partial charge in [-0.25, -0.2) is 4.39 Å². The molecule has 3 aromatic carbocycles. The van der Waals surface area contributed by atoms with Gasteiger partial charge in [-0.1, -0.05) is 66.2 Å². The minimum absolute atomic E-state index is 0.0403. The van der Waals surface area contributed by atoms with Crippen LogP contribution in [0, 0.1) is 11.2 Å². The Hall–Kier alpha value is -3.81. The van der Waals surface area contributed by atoms with Crippen LogP contribution < -0.4 is 20.3 Å². The topological polar surface area (TPSA) is 77.5 Å². The lowest BCUT2D eigenvalue weighted by Gasteiger charge is -2.26. The summed E-state index contributed by atoms with van der Waals surface area (Å²) in [4.78, 5) is 13.6. The number of hydrogen-bond acceptors (Lipinski definition) is 5. The first-order chi connectivity index (χ1) is 17.4. The summed E-state index contributed by atoms with van der Waals surface area (Å²) in [5.41, 5.74) is 1.60. The smallest absolute Gasteiger partial charge is 0.175 e. The van der Waals surface area contributed by atoms with Crippen molar-refractivity contribution in [1.82, 2.24) is 5.32 Å². The predicted molar refractivity (Wildman–Crippen MR) is 146 cm³/mol. The molecule has 0 radical (unpaired) electrons. The predicted octanol–water partition coefficient (Wildman–Crippen LogP) is 6.29. The maximum Gasteiger partial charge on any atom is 0.175 e. The first-order valence-electron chi connectivity index (χ1n) is 10.9. The molecule has 0 aliphatic rings. The summed E-state index contributed by atoms with van der Waals surface area (Å²) in [6.07, 6.45) is 0.457. The number of benzene rings is 3. The molecule has 0 amide bonds. The molecule has 0 spiro atoms. The van der Waals surface area contributed by atoms with Crippen LogP contribution in [0.15, 0.2) is 90.1 Å². The molecule has 0 aromatic heterocycles. The van der Waals surface area contributed by atoms with E-state index < -0.39 is 5.82 Å². The third-order valence-corrected chi connectivity index (χ3v) is 5.88. The van der Waals surface area contributed by atoms with E-state index in [2.05, 4.69) is 17.2 Å². The molecule has 36 heavy (non-hydrogen) atoms. The van der Waals surface area contributed by atoms with Crippen LogP contribution in [0.2, 0.25) is 5.02 Å². The van der Waals surface area contributed by atoms with Crippen LogP contribution in [-0.4, -0.2) is 32.3 Å². The summed E-state index contributed by atoms with van der Waals surface area (Å²) in [5.74, 6) is -1.00. The lowest BCUT2D eigenvalue weighted by atomic mass is 10.1. The molecule has 0 atom stereocenters. The Labute approximate surface area is 219 Å². The van der Waals surface area contributed by atoms with Crippen molar-refractivity contribution in [3.63, 3.8) is 0 Å². The number of hydrogen-bond donors (Lipinski definition) is 3. The number of nitrogens with zero attached hydrogens (tertiary/aromatic N) is 1. The van der Waals surface area contributed by atoms with Crippen LogP contribution in [0.5, 0.6) is 5.75 Å². The molecule has 0 aliphatic carbocycles. The van der Waals surface area contributed by atoms with E-state index in [1.807, 2.05) is 60.7 Å². The highest BCUT2D eigenvalue weighted by atomic mass is 35.5. The van der Waals surface area contributed by atoms with Crippen LogP contribution in [0.3, 0.4) is 0 Å². The van der Waals surface area contributed by atoms with Gasteiger partial charge >= 0.3 is 0 Å². The number of ether oxygens (including phenoxy) is 1. The molecular formula is C27H25Cl2FN4O2. The molecule has 186 valence electrons. The van der Waals surface area contributed by atoms with Gasteiger partial charge in [0.25, 0.3) is 0 Å². The van der Waals surface area contributed by atoms with E-state index >= 15 is 0 Å². The SMILES string of the molecule is C=C(NC(C=O)=C(Cl)C(=N)N(CCNc1ccccc1)c1ccccc1)c1ccc(Cl)c(OC)c1F. The molecule has 0 bridgehead atoms. The number of carbonyl (C=O) groups is 1. The summed E-state index contributed by atoms with van der Waals surface area (Å²) in [6.45, 7) is 4.69. The number of allylic oxidation sites excluding steroid dienone is 1. The van der Waals surface area contributed by atoms with Gasteiger partial charge in [-0.05, 0) is 36.4 Å². The molecule has 3 aromatic rings. The molecule has 0 heterocycles. The molecule has 3 N–H and O–H groups in total. The van der Waals surface area contributed by atoms with E-state index in [0.717, 1.165) is 5.69 Å². The zero-order valence-corrected chi connectivity index (χ0v) is 21.0. The first kappa shape index (κ1) is 26.8. The Morgan fingerprint density at radius 3 is 2.36 bits per heavy atom. The standard InChI is InChI=1S/C27H25Cl2FN4O2/c1-18(21-13-14-22(28)26(36-2)25(21)30)33-23(17-35)24(29)27(31)34(20-11-7-4-8-12-20)16-15-32-19-9-5-3-6-10-19/h3-14,17,31-33H,1,15-16H2,2H3. The fourth-order valence-corrected chi connectivity index (χ4v) is 3.83. The fraction of sp³-hybridized carbons (Fsp3) is 0.111. The minimum Gasteiger partial charge on any atom is -0.492 e. The van der Waals surface area contributed by atoms with Gasteiger partial charge in [0, 0.05) is 35.7 Å². The van der Waals surface area contributed by atoms with Gasteiger partial charge in [0.05, 0.1) is 12.1 Å². The van der Waals surface area contributed by atoms with Gasteiger partial charge < -0.3 is 20.3 Å². The second-order valence-corrected chi connectivity index (χ2v) is 8.30. The van der Waals surface area contributed by atoms with Crippen molar-refractivity contribution in [2.24, 2.45) is 0 Å². The maximum absolute atomic E-state index is 14.8. The van der Waals surface area contributed by atoms with E-state index in [4.69, 9.17) is 33.3 Å². The van der Waals surface area contributed by atoms with E-state index in [1.165, 1.54) is 19.2 Å². The number of carbonyl (C=O) groups excluding carboxylic acids is 1. The summed E-state index contributed by atoms with van der Waals surface area (Å²) < 4.78 is 19.8. The molecule has 9 heteroatoms. The minimum atomic E-state index is -0.739. The van der Waals surface area contributed by atoms with Crippen molar-refractivity contribution in [2.45, 2.75) is 0 Å². The van der Waals surface area contributed by atoms with E-state index in [9.17, 15) is 9.18 Å². The second-order valence-electron chi connectivity index (χ2n) is 7.52. The summed E-state index contributed by atoms with van der Waals surface area (Å²) in [5, 5.41) is 14.7. The van der Waals surface area contributed by atoms with Gasteiger partial charge in [0.15, 0.2) is 17.9 Å². The lowest BCUT2D eigenvalue weighted by Crippen LogP contribution is -2.36. The number of nitrogens with one attached hydrogen (secondary N) is 3. The molecular weight excluding hydrogens is 502 g/mol. The molecule has 0 saturated carbocycles. The Morgan fingerprint density at radius 1 is 1.11 bits per heavy atom. The van der Waals surface area contributed by atoms with Crippen molar-refractivity contribution in [3.05, 3.63) is 107 Å². The van der Waals surface area contributed by atoms with Gasteiger partial charge in [0.2, 0.25) is 0 Å². The van der Waals surface area contributed by atoms with Crippen molar-refractivity contribution >= 4 is 52.4 Å². The average Bonchev–Trinajstić information content (AvgIpc) is 2.90. The summed E-state index contributed by atoms with van der Waals surface area (Å²) in [7, 11) is 1.30. The van der Waals surface area contributed by atoms with Crippen molar-refractivity contribution in [3.8, 4) is 5.75 Å². The van der Waals surface area contributed by atoms with Crippen molar-refractivity contribution < 1.29 is 13.9 Å². The normalized spacial score (nSPS) is 11.2. The number of anilines is 2. The highest BCUT2D eigenvalue weighted by Crippen LogP contribution is 2.32. The largest absolute Gasteiger partial charge is 0.492 e. The number of halogens is 3. The number of methoxy groups -OCH3 is 1. The van der Waals surface area contributed by atoms with E-state index in [-0.39, 0.29) is 38.6 Å². The van der Waals surface area contributed by atoms with Crippen molar-refractivity contribution in [2.75, 3.05) is 30.4 Å². The maximum atomic E-state index is 14.8. The number of rotatable bonds is 11. The third-order valence-electron chi connectivity index (χ3n) is 5.20. The lowest BCUT2D eigenvalue weighted by molar-refractivity contribution is -0.105. The number of amidine groups is 1. The van der Waals surface area contributed by atoms with Crippen LogP contribution in [-0.2, 0) is 4.79 Å². The highest BCUT2D eigenvalue weighted by molar-refractivity contribution is 6.46.